The Morgan fingerprint density at radius 3 is 2.72 bits per heavy atom. The molecule has 0 N–H and O–H groups in total. The van der Waals surface area contributed by atoms with Crippen molar-refractivity contribution in [1.82, 2.24) is 4.98 Å². The van der Waals surface area contributed by atoms with Crippen LogP contribution in [0.2, 0.25) is 0 Å². The topological polar surface area (TPSA) is 33.2 Å². The Balaban J connectivity index is 1.85. The lowest BCUT2D eigenvalue weighted by atomic mass is 10.0. The van der Waals surface area contributed by atoms with Gasteiger partial charge in [-0.25, -0.2) is 4.98 Å². The number of amides is 1. The second-order valence-electron chi connectivity index (χ2n) is 5.09. The zero-order valence-corrected chi connectivity index (χ0v) is 12.7. The van der Waals surface area contributed by atoms with Gasteiger partial charge in [0, 0.05) is 22.7 Å². The van der Waals surface area contributed by atoms with Crippen molar-refractivity contribution in [3.05, 3.63) is 10.6 Å². The Labute approximate surface area is 120 Å². The number of alkyl halides is 1. The van der Waals surface area contributed by atoms with E-state index >= 15 is 0 Å². The second kappa shape index (κ2) is 5.29. The fourth-order valence-corrected chi connectivity index (χ4v) is 4.40. The van der Waals surface area contributed by atoms with Gasteiger partial charge >= 0.3 is 0 Å². The van der Waals surface area contributed by atoms with Crippen LogP contribution in [0.1, 0.15) is 42.7 Å². The summed E-state index contributed by atoms with van der Waals surface area (Å²) in [6.45, 7) is 0.769. The first-order chi connectivity index (χ1) is 8.74. The summed E-state index contributed by atoms with van der Waals surface area (Å²) in [5.74, 6) is 0.207. The quantitative estimate of drug-likeness (QED) is 0.741. The molecule has 1 fully saturated rings. The number of carbonyl (C=O) groups excluding carboxylic acids is 1. The molecule has 0 aromatic carbocycles. The van der Waals surface area contributed by atoms with Crippen LogP contribution in [0.4, 0.5) is 5.13 Å². The summed E-state index contributed by atoms with van der Waals surface area (Å²) in [5, 5.41) is 0.925. The standard InChI is InChI=1S/C13H17BrN2OS/c14-9-7-12(17)16(8-9)13-15-10-5-3-1-2-4-6-11(10)18-13/h9H,1-8H2. The van der Waals surface area contributed by atoms with Gasteiger partial charge in [0.05, 0.1) is 5.69 Å². The van der Waals surface area contributed by atoms with Gasteiger partial charge in [0.1, 0.15) is 0 Å². The average molecular weight is 329 g/mol. The van der Waals surface area contributed by atoms with Crippen molar-refractivity contribution < 1.29 is 4.79 Å². The Bertz CT molecular complexity index is 434. The van der Waals surface area contributed by atoms with Crippen molar-refractivity contribution >= 4 is 38.3 Å². The van der Waals surface area contributed by atoms with Crippen molar-refractivity contribution in [1.29, 1.82) is 0 Å². The minimum absolute atomic E-state index is 0.207. The molecule has 1 amide bonds. The van der Waals surface area contributed by atoms with Gasteiger partial charge in [-0.15, -0.1) is 11.3 Å². The van der Waals surface area contributed by atoms with Crippen LogP contribution in [-0.2, 0) is 17.6 Å². The van der Waals surface area contributed by atoms with Crippen LogP contribution in [-0.4, -0.2) is 22.3 Å². The van der Waals surface area contributed by atoms with Gasteiger partial charge in [-0.05, 0) is 25.7 Å². The third kappa shape index (κ3) is 2.48. The predicted molar refractivity (Wildman–Crippen MR) is 77.7 cm³/mol. The summed E-state index contributed by atoms with van der Waals surface area (Å²) in [6.07, 6.45) is 7.99. The summed E-state index contributed by atoms with van der Waals surface area (Å²) < 4.78 is 0. The fraction of sp³-hybridized carbons (Fsp3) is 0.692. The smallest absolute Gasteiger partial charge is 0.230 e. The maximum atomic E-state index is 11.9. The van der Waals surface area contributed by atoms with E-state index < -0.39 is 0 Å². The molecule has 0 spiro atoms. The van der Waals surface area contributed by atoms with Gasteiger partial charge in [-0.2, -0.15) is 0 Å². The van der Waals surface area contributed by atoms with E-state index in [0.717, 1.165) is 24.5 Å². The van der Waals surface area contributed by atoms with Crippen molar-refractivity contribution in [2.45, 2.75) is 49.8 Å². The van der Waals surface area contributed by atoms with Crippen molar-refractivity contribution in [2.24, 2.45) is 0 Å². The van der Waals surface area contributed by atoms with Crippen LogP contribution in [0.25, 0.3) is 0 Å². The van der Waals surface area contributed by atoms with E-state index in [1.165, 1.54) is 36.3 Å². The van der Waals surface area contributed by atoms with Gasteiger partial charge in [0.25, 0.3) is 0 Å². The molecule has 18 heavy (non-hydrogen) atoms. The van der Waals surface area contributed by atoms with E-state index in [1.54, 1.807) is 11.3 Å². The van der Waals surface area contributed by atoms with Crippen LogP contribution in [0, 0.1) is 0 Å². The molecule has 1 aliphatic heterocycles. The van der Waals surface area contributed by atoms with Crippen LogP contribution in [0.5, 0.6) is 0 Å². The maximum Gasteiger partial charge on any atom is 0.230 e. The molecular weight excluding hydrogens is 312 g/mol. The van der Waals surface area contributed by atoms with Crippen molar-refractivity contribution in [3.8, 4) is 0 Å². The molecule has 1 atom stereocenters. The largest absolute Gasteiger partial charge is 0.287 e. The monoisotopic (exact) mass is 328 g/mol. The number of halogens is 1. The minimum Gasteiger partial charge on any atom is -0.287 e. The van der Waals surface area contributed by atoms with Gasteiger partial charge in [0.15, 0.2) is 5.13 Å². The van der Waals surface area contributed by atoms with Crippen LogP contribution in [0.15, 0.2) is 0 Å². The number of hydrogen-bond donors (Lipinski definition) is 0. The molecule has 1 aromatic rings. The van der Waals surface area contributed by atoms with E-state index in [0.29, 0.717) is 6.42 Å². The first kappa shape index (κ1) is 12.6. The van der Waals surface area contributed by atoms with Gasteiger partial charge in [0.2, 0.25) is 5.91 Å². The van der Waals surface area contributed by atoms with Crippen LogP contribution < -0.4 is 4.90 Å². The molecular formula is C13H17BrN2OS. The first-order valence-corrected chi connectivity index (χ1v) is 8.40. The highest BCUT2D eigenvalue weighted by Crippen LogP contribution is 2.33. The molecule has 3 rings (SSSR count). The molecule has 3 nitrogen and oxygen atoms in total. The molecule has 2 heterocycles. The summed E-state index contributed by atoms with van der Waals surface area (Å²) in [6, 6.07) is 0. The number of aromatic nitrogens is 1. The normalized spacial score (nSPS) is 24.8. The molecule has 0 saturated carbocycles. The van der Waals surface area contributed by atoms with E-state index in [-0.39, 0.29) is 10.7 Å². The Hall–Kier alpha value is -0.420. The Kier molecular flexibility index (Phi) is 3.71. The third-order valence-corrected chi connectivity index (χ3v) is 5.44. The lowest BCUT2D eigenvalue weighted by Crippen LogP contribution is -2.24. The van der Waals surface area contributed by atoms with E-state index in [4.69, 9.17) is 4.98 Å². The molecule has 1 saturated heterocycles. The van der Waals surface area contributed by atoms with Crippen molar-refractivity contribution in [2.75, 3.05) is 11.4 Å². The summed E-state index contributed by atoms with van der Waals surface area (Å²) >= 11 is 5.26. The number of hydrogen-bond acceptors (Lipinski definition) is 3. The Morgan fingerprint density at radius 2 is 2.00 bits per heavy atom. The van der Waals surface area contributed by atoms with Gasteiger partial charge in [-0.1, -0.05) is 28.8 Å². The van der Waals surface area contributed by atoms with Gasteiger partial charge in [-0.3, -0.25) is 9.69 Å². The van der Waals surface area contributed by atoms with Crippen LogP contribution in [0.3, 0.4) is 0 Å². The number of carbonyl (C=O) groups is 1. The van der Waals surface area contributed by atoms with E-state index in [9.17, 15) is 4.79 Å². The number of aryl methyl sites for hydroxylation is 2. The Morgan fingerprint density at radius 1 is 1.22 bits per heavy atom. The molecule has 0 bridgehead atoms. The number of anilines is 1. The molecule has 2 aliphatic rings. The average Bonchev–Trinajstić information content (AvgIpc) is 2.82. The van der Waals surface area contributed by atoms with E-state index in [1.807, 2.05) is 4.90 Å². The molecule has 5 heteroatoms. The minimum atomic E-state index is 0.207. The third-order valence-electron chi connectivity index (χ3n) is 3.64. The second-order valence-corrected chi connectivity index (χ2v) is 7.44. The highest BCUT2D eigenvalue weighted by atomic mass is 79.9. The highest BCUT2D eigenvalue weighted by molar-refractivity contribution is 9.09. The van der Waals surface area contributed by atoms with Crippen LogP contribution >= 0.6 is 27.3 Å². The molecule has 1 unspecified atom stereocenters. The zero-order valence-electron chi connectivity index (χ0n) is 10.3. The van der Waals surface area contributed by atoms with E-state index in [2.05, 4.69) is 15.9 Å². The predicted octanol–water partition coefficient (Wildman–Crippen LogP) is 3.30. The zero-order chi connectivity index (χ0) is 12.5. The lowest BCUT2D eigenvalue weighted by Gasteiger charge is -2.10. The summed E-state index contributed by atoms with van der Waals surface area (Å²) in [5.41, 5.74) is 1.25. The number of rotatable bonds is 1. The number of nitrogens with zero attached hydrogens (tertiary/aromatic N) is 2. The molecule has 1 aliphatic carbocycles. The fourth-order valence-electron chi connectivity index (χ4n) is 2.66. The SMILES string of the molecule is O=C1CC(Br)CN1c1nc2c(s1)CCCCCC2. The lowest BCUT2D eigenvalue weighted by molar-refractivity contribution is -0.117. The number of fused-ring (bicyclic) bond motifs is 1. The summed E-state index contributed by atoms with van der Waals surface area (Å²) in [4.78, 5) is 20.2. The molecule has 98 valence electrons. The summed E-state index contributed by atoms with van der Waals surface area (Å²) in [7, 11) is 0. The maximum absolute atomic E-state index is 11.9. The number of thiazole rings is 1. The van der Waals surface area contributed by atoms with Gasteiger partial charge < -0.3 is 0 Å². The highest BCUT2D eigenvalue weighted by Gasteiger charge is 2.31. The molecule has 0 radical (unpaired) electrons. The first-order valence-electron chi connectivity index (χ1n) is 6.67. The molecule has 1 aromatic heterocycles. The van der Waals surface area contributed by atoms with Crippen molar-refractivity contribution in [3.63, 3.8) is 0 Å².